The quantitative estimate of drug-likeness (QED) is 0.640. The molecule has 1 aliphatic heterocycles. The average molecular weight is 508 g/mol. The predicted molar refractivity (Wildman–Crippen MR) is 134 cm³/mol. The Labute approximate surface area is 208 Å². The number of carbonyl (C=O) groups is 1. The highest BCUT2D eigenvalue weighted by Gasteiger charge is 2.28. The second-order valence-corrected chi connectivity index (χ2v) is 10.9. The highest BCUT2D eigenvalue weighted by atomic mass is 32.2. The van der Waals surface area contributed by atoms with Gasteiger partial charge in [-0.15, -0.1) is 0 Å². The van der Waals surface area contributed by atoms with Gasteiger partial charge in [-0.1, -0.05) is 13.8 Å². The van der Waals surface area contributed by atoms with Crippen LogP contribution >= 0.6 is 0 Å². The Morgan fingerprint density at radius 2 is 1.97 bits per heavy atom. The maximum Gasteiger partial charge on any atom is 0.280 e. The molecule has 194 valence electrons. The van der Waals surface area contributed by atoms with Gasteiger partial charge >= 0.3 is 0 Å². The molecule has 3 atom stereocenters. The molecule has 1 aromatic heterocycles. The predicted octanol–water partition coefficient (Wildman–Crippen LogP) is 2.44. The zero-order chi connectivity index (χ0) is 25.8. The summed E-state index contributed by atoms with van der Waals surface area (Å²) in [5, 5.41) is -0.0898. The van der Waals surface area contributed by atoms with Gasteiger partial charge in [0.2, 0.25) is 0 Å². The number of anilines is 1. The summed E-state index contributed by atoms with van der Waals surface area (Å²) in [6, 6.07) is 4.80. The normalized spacial score (nSPS) is 22.6. The minimum absolute atomic E-state index is 0.0869. The molecule has 2 aromatic rings. The van der Waals surface area contributed by atoms with Crippen LogP contribution in [0.2, 0.25) is 0 Å². The van der Waals surface area contributed by atoms with E-state index in [9.17, 15) is 13.2 Å². The van der Waals surface area contributed by atoms with Crippen molar-refractivity contribution in [2.24, 2.45) is 13.0 Å². The molecule has 0 saturated carbocycles. The lowest BCUT2D eigenvalue weighted by Crippen LogP contribution is -2.46. The fourth-order valence-electron chi connectivity index (χ4n) is 4.24. The molecule has 3 rings (SSSR count). The molecule has 0 unspecified atom stereocenters. The molecule has 0 fully saturated rings. The standard InChI is InChI=1S/C24H37N5O5S/c1-7-10-29-12-17(2)22(33-6)13-28(5)24(30)20-9-8-19(11-21(20)34-15-18(29)3)26-35(31,32)23-14-27(4)16-25-23/h8-9,11,14,16-18,22,26H,7,10,12-13,15H2,1-6H3/t17-,18-,22+/m1/s1. The minimum Gasteiger partial charge on any atom is -0.491 e. The van der Waals surface area contributed by atoms with Crippen molar-refractivity contribution in [3.8, 4) is 5.75 Å². The van der Waals surface area contributed by atoms with Crippen molar-refractivity contribution in [2.45, 2.75) is 44.4 Å². The molecule has 0 saturated heterocycles. The molecule has 10 nitrogen and oxygen atoms in total. The number of aromatic nitrogens is 2. The molecule has 1 amide bonds. The monoisotopic (exact) mass is 507 g/mol. The molecule has 11 heteroatoms. The van der Waals surface area contributed by atoms with Crippen LogP contribution in [0.1, 0.15) is 37.6 Å². The number of nitrogens with one attached hydrogen (secondary N) is 1. The van der Waals surface area contributed by atoms with E-state index in [-0.39, 0.29) is 29.0 Å². The number of amides is 1. The topological polar surface area (TPSA) is 106 Å². The number of likely N-dealkylation sites (N-methyl/N-ethyl adjacent to an activating group) is 1. The van der Waals surface area contributed by atoms with Crippen molar-refractivity contribution in [2.75, 3.05) is 45.1 Å². The van der Waals surface area contributed by atoms with Gasteiger partial charge in [0.25, 0.3) is 15.9 Å². The summed E-state index contributed by atoms with van der Waals surface area (Å²) in [6.45, 7) is 8.89. The van der Waals surface area contributed by atoms with Crippen LogP contribution in [0.25, 0.3) is 0 Å². The van der Waals surface area contributed by atoms with Crippen LogP contribution in [0.3, 0.4) is 0 Å². The van der Waals surface area contributed by atoms with Crippen molar-refractivity contribution in [1.29, 1.82) is 0 Å². The van der Waals surface area contributed by atoms with Gasteiger partial charge in [0.1, 0.15) is 12.4 Å². The van der Waals surface area contributed by atoms with Crippen molar-refractivity contribution >= 4 is 21.6 Å². The summed E-state index contributed by atoms with van der Waals surface area (Å²) >= 11 is 0. The lowest BCUT2D eigenvalue weighted by molar-refractivity contribution is 0.0108. The van der Waals surface area contributed by atoms with Crippen LogP contribution in [0.4, 0.5) is 5.69 Å². The molecule has 0 bridgehead atoms. The molecule has 2 heterocycles. The number of hydrogen-bond donors (Lipinski definition) is 1. The third kappa shape index (κ3) is 6.53. The van der Waals surface area contributed by atoms with E-state index < -0.39 is 10.0 Å². The molecular weight excluding hydrogens is 470 g/mol. The highest BCUT2D eigenvalue weighted by molar-refractivity contribution is 7.92. The Morgan fingerprint density at radius 1 is 1.23 bits per heavy atom. The largest absolute Gasteiger partial charge is 0.491 e. The van der Waals surface area contributed by atoms with Gasteiger partial charge in [-0.2, -0.15) is 8.42 Å². The lowest BCUT2D eigenvalue weighted by Gasteiger charge is -2.35. The Morgan fingerprint density at radius 3 is 2.60 bits per heavy atom. The fraction of sp³-hybridized carbons (Fsp3) is 0.583. The Kier molecular flexibility index (Phi) is 8.79. The molecule has 1 aliphatic rings. The van der Waals surface area contributed by atoms with Crippen molar-refractivity contribution in [1.82, 2.24) is 19.4 Å². The van der Waals surface area contributed by atoms with Crippen molar-refractivity contribution in [3.05, 3.63) is 36.3 Å². The third-order valence-electron chi connectivity index (χ3n) is 6.30. The average Bonchev–Trinajstić information content (AvgIpc) is 3.26. The number of rotatable bonds is 6. The fourth-order valence-corrected chi connectivity index (χ4v) is 5.28. The summed E-state index contributed by atoms with van der Waals surface area (Å²) in [6.07, 6.45) is 3.72. The summed E-state index contributed by atoms with van der Waals surface area (Å²) in [4.78, 5) is 21.2. The van der Waals surface area contributed by atoms with E-state index >= 15 is 0 Å². The van der Waals surface area contributed by atoms with Gasteiger partial charge in [-0.25, -0.2) is 4.98 Å². The van der Waals surface area contributed by atoms with E-state index in [4.69, 9.17) is 9.47 Å². The highest BCUT2D eigenvalue weighted by Crippen LogP contribution is 2.28. The van der Waals surface area contributed by atoms with Crippen molar-refractivity contribution < 1.29 is 22.7 Å². The maximum atomic E-state index is 13.3. The second kappa shape index (κ2) is 11.4. The van der Waals surface area contributed by atoms with Gasteiger partial charge in [-0.3, -0.25) is 14.4 Å². The van der Waals surface area contributed by atoms with E-state index in [0.717, 1.165) is 19.5 Å². The van der Waals surface area contributed by atoms with E-state index in [1.807, 2.05) is 0 Å². The number of imidazole rings is 1. The number of sulfonamides is 1. The first-order valence-electron chi connectivity index (χ1n) is 11.9. The van der Waals surface area contributed by atoms with Crippen LogP contribution in [-0.4, -0.2) is 86.2 Å². The second-order valence-electron chi connectivity index (χ2n) is 9.29. The summed E-state index contributed by atoms with van der Waals surface area (Å²) in [5.41, 5.74) is 0.656. The van der Waals surface area contributed by atoms with Crippen molar-refractivity contribution in [3.63, 3.8) is 0 Å². The van der Waals surface area contributed by atoms with Crippen LogP contribution in [0, 0.1) is 5.92 Å². The number of carbonyl (C=O) groups excluding carboxylic acids is 1. The van der Waals surface area contributed by atoms with Gasteiger partial charge in [0.15, 0.2) is 5.03 Å². The first-order chi connectivity index (χ1) is 16.6. The molecule has 0 radical (unpaired) electrons. The zero-order valence-electron chi connectivity index (χ0n) is 21.4. The van der Waals surface area contributed by atoms with E-state index in [2.05, 4.69) is 35.4 Å². The van der Waals surface area contributed by atoms with E-state index in [1.54, 1.807) is 48.9 Å². The van der Waals surface area contributed by atoms with Gasteiger partial charge in [0, 0.05) is 52.6 Å². The third-order valence-corrected chi connectivity index (χ3v) is 7.56. The Bertz CT molecular complexity index is 1120. The summed E-state index contributed by atoms with van der Waals surface area (Å²) < 4.78 is 41.5. The van der Waals surface area contributed by atoms with Crippen LogP contribution in [0.5, 0.6) is 5.75 Å². The number of nitrogens with zero attached hydrogens (tertiary/aromatic N) is 4. The Balaban J connectivity index is 1.95. The number of fused-ring (bicyclic) bond motifs is 1. The number of methoxy groups -OCH3 is 1. The zero-order valence-corrected chi connectivity index (χ0v) is 22.2. The first-order valence-corrected chi connectivity index (χ1v) is 13.3. The van der Waals surface area contributed by atoms with Gasteiger partial charge < -0.3 is 18.9 Å². The van der Waals surface area contributed by atoms with E-state index in [1.165, 1.54) is 12.5 Å². The molecule has 1 aromatic carbocycles. The van der Waals surface area contributed by atoms with Gasteiger partial charge in [-0.05, 0) is 37.9 Å². The number of benzene rings is 1. The smallest absolute Gasteiger partial charge is 0.280 e. The number of aryl methyl sites for hydroxylation is 1. The van der Waals surface area contributed by atoms with Crippen LogP contribution in [-0.2, 0) is 21.8 Å². The van der Waals surface area contributed by atoms with Gasteiger partial charge in [0.05, 0.1) is 23.7 Å². The molecule has 0 spiro atoms. The lowest BCUT2D eigenvalue weighted by atomic mass is 10.0. The van der Waals surface area contributed by atoms with Crippen LogP contribution in [0.15, 0.2) is 35.7 Å². The maximum absolute atomic E-state index is 13.3. The van der Waals surface area contributed by atoms with E-state index in [0.29, 0.717) is 30.2 Å². The molecule has 35 heavy (non-hydrogen) atoms. The first kappa shape index (κ1) is 27.0. The minimum atomic E-state index is -3.88. The van der Waals surface area contributed by atoms with Crippen LogP contribution < -0.4 is 9.46 Å². The number of ether oxygens (including phenoxy) is 2. The Hall–Kier alpha value is -2.63. The summed E-state index contributed by atoms with van der Waals surface area (Å²) in [5.74, 6) is 0.326. The molecule has 0 aliphatic carbocycles. The molecule has 1 N–H and O–H groups in total. The summed E-state index contributed by atoms with van der Waals surface area (Å²) in [7, 11) is 1.22. The number of hydrogen-bond acceptors (Lipinski definition) is 7. The molecular formula is C24H37N5O5S. The SMILES string of the molecule is CCCN1C[C@@H](C)[C@@H](OC)CN(C)C(=O)c2ccc(NS(=O)(=O)c3cn(C)cn3)cc2OC[C@H]1C.